The van der Waals surface area contributed by atoms with Gasteiger partial charge in [0.25, 0.3) is 0 Å². The van der Waals surface area contributed by atoms with Crippen LogP contribution in [0.2, 0.25) is 5.02 Å². The summed E-state index contributed by atoms with van der Waals surface area (Å²) < 4.78 is 39.8. The second-order valence-electron chi connectivity index (χ2n) is 7.85. The predicted molar refractivity (Wildman–Crippen MR) is 139 cm³/mol. The number of hydrazone groups is 1. The maximum Gasteiger partial charge on any atom is 0.327 e. The number of esters is 1. The Morgan fingerprint density at radius 2 is 1.89 bits per heavy atom. The minimum Gasteiger partial charge on any atom is -0.468 e. The Kier molecular flexibility index (Phi) is 9.82. The lowest BCUT2D eigenvalue weighted by atomic mass is 9.91. The fourth-order valence-electron chi connectivity index (χ4n) is 3.65. The largest absolute Gasteiger partial charge is 0.468 e. The number of nitrogens with one attached hydrogen (secondary N) is 1. The first kappa shape index (κ1) is 27.6. The molecule has 1 aliphatic heterocycles. The van der Waals surface area contributed by atoms with E-state index in [4.69, 9.17) is 26.2 Å². The molecule has 0 saturated heterocycles. The van der Waals surface area contributed by atoms with Crippen molar-refractivity contribution in [3.63, 3.8) is 0 Å². The van der Waals surface area contributed by atoms with Crippen LogP contribution in [0.1, 0.15) is 24.0 Å². The van der Waals surface area contributed by atoms with Crippen molar-refractivity contribution in [3.05, 3.63) is 70.7 Å². The van der Waals surface area contributed by atoms with Gasteiger partial charge in [-0.15, -0.1) is 0 Å². The van der Waals surface area contributed by atoms with E-state index in [0.717, 1.165) is 16.8 Å². The number of likely N-dealkylation sites (N-methyl/N-ethyl adjacent to an activating group) is 1. The maximum atomic E-state index is 13.2. The van der Waals surface area contributed by atoms with E-state index in [9.17, 15) is 13.2 Å². The van der Waals surface area contributed by atoms with E-state index in [0.29, 0.717) is 11.6 Å². The molecule has 36 heavy (non-hydrogen) atoms. The third-order valence-electron chi connectivity index (χ3n) is 5.54. The highest BCUT2D eigenvalue weighted by atomic mass is 35.5. The monoisotopic (exact) mass is 535 g/mol. The van der Waals surface area contributed by atoms with Gasteiger partial charge in [-0.1, -0.05) is 61.0 Å². The number of hydrogen-bond donors (Lipinski definition) is 1. The van der Waals surface area contributed by atoms with Crippen molar-refractivity contribution in [2.24, 2.45) is 10.1 Å². The average molecular weight is 536 g/mol. The molecule has 0 saturated carbocycles. The Labute approximate surface area is 216 Å². The van der Waals surface area contributed by atoms with Crippen LogP contribution >= 0.6 is 11.6 Å². The molecule has 0 amide bonds. The Morgan fingerprint density at radius 3 is 2.50 bits per heavy atom. The lowest BCUT2D eigenvalue weighted by Gasteiger charge is -2.24. The molecular weight excluding hydrogens is 506 g/mol. The molecule has 0 radical (unpaired) electrons. The molecule has 0 bridgehead atoms. The summed E-state index contributed by atoms with van der Waals surface area (Å²) in [5.41, 5.74) is 2.55. The van der Waals surface area contributed by atoms with Gasteiger partial charge < -0.3 is 9.47 Å². The average Bonchev–Trinajstić information content (AvgIpc) is 3.33. The Balaban J connectivity index is 2.00. The lowest BCUT2D eigenvalue weighted by molar-refractivity contribution is -0.138. The van der Waals surface area contributed by atoms with E-state index < -0.39 is 16.2 Å². The molecule has 0 aromatic heterocycles. The first-order valence-electron chi connectivity index (χ1n) is 11.3. The lowest BCUT2D eigenvalue weighted by Crippen LogP contribution is -2.49. The van der Waals surface area contributed by atoms with Gasteiger partial charge in [0, 0.05) is 31.1 Å². The van der Waals surface area contributed by atoms with Crippen molar-refractivity contribution in [1.82, 2.24) is 14.0 Å². The van der Waals surface area contributed by atoms with Gasteiger partial charge in [-0.3, -0.25) is 4.79 Å². The SMILES string of the molecule is CCN(CCOC)S(=O)(=O)NC(=NCC(=O)OC)N1CC(c2ccccc2)C(c2ccc(Cl)cc2)=N1. The first-order valence-corrected chi connectivity index (χ1v) is 13.2. The number of guanidine groups is 1. The number of carbonyl (C=O) groups is 1. The molecule has 1 unspecified atom stereocenters. The molecule has 3 rings (SSSR count). The van der Waals surface area contributed by atoms with Gasteiger partial charge in [0.15, 0.2) is 0 Å². The summed E-state index contributed by atoms with van der Waals surface area (Å²) in [6.45, 7) is 2.24. The van der Waals surface area contributed by atoms with Gasteiger partial charge in [0.2, 0.25) is 5.96 Å². The van der Waals surface area contributed by atoms with Crippen molar-refractivity contribution >= 4 is 39.5 Å². The van der Waals surface area contributed by atoms with E-state index in [2.05, 4.69) is 9.71 Å². The zero-order chi connectivity index (χ0) is 26.1. The third kappa shape index (κ3) is 7.03. The number of rotatable bonds is 10. The van der Waals surface area contributed by atoms with Crippen LogP contribution in [0.25, 0.3) is 0 Å². The fraction of sp³-hybridized carbons (Fsp3) is 0.375. The molecule has 12 heteroatoms. The van der Waals surface area contributed by atoms with Crippen LogP contribution in [-0.4, -0.2) is 82.4 Å². The maximum absolute atomic E-state index is 13.2. The first-order chi connectivity index (χ1) is 17.3. The summed E-state index contributed by atoms with van der Waals surface area (Å²) in [5.74, 6) is -0.878. The van der Waals surface area contributed by atoms with Crippen LogP contribution in [0.15, 0.2) is 64.7 Å². The van der Waals surface area contributed by atoms with E-state index in [1.165, 1.54) is 23.5 Å². The zero-order valence-corrected chi connectivity index (χ0v) is 22.0. The number of hydrogen-bond acceptors (Lipinski definition) is 7. The number of halogens is 1. The fourth-order valence-corrected chi connectivity index (χ4v) is 4.96. The summed E-state index contributed by atoms with van der Waals surface area (Å²) in [6.07, 6.45) is 0. The quantitative estimate of drug-likeness (QED) is 0.284. The summed E-state index contributed by atoms with van der Waals surface area (Å²) in [6, 6.07) is 17.0. The Bertz CT molecular complexity index is 1190. The van der Waals surface area contributed by atoms with Gasteiger partial charge in [-0.2, -0.15) is 17.8 Å². The van der Waals surface area contributed by atoms with Crippen molar-refractivity contribution in [1.29, 1.82) is 0 Å². The molecule has 2 aromatic carbocycles. The second kappa shape index (κ2) is 12.8. The molecule has 1 heterocycles. The van der Waals surface area contributed by atoms with E-state index >= 15 is 0 Å². The number of methoxy groups -OCH3 is 2. The van der Waals surface area contributed by atoms with Gasteiger partial charge in [0.05, 0.1) is 26.0 Å². The summed E-state index contributed by atoms with van der Waals surface area (Å²) in [5, 5.41) is 6.79. The molecule has 0 fully saturated rings. The topological polar surface area (TPSA) is 113 Å². The highest BCUT2D eigenvalue weighted by Crippen LogP contribution is 2.29. The zero-order valence-electron chi connectivity index (χ0n) is 20.4. The Morgan fingerprint density at radius 1 is 1.19 bits per heavy atom. The summed E-state index contributed by atoms with van der Waals surface area (Å²) in [4.78, 5) is 16.1. The molecule has 10 nitrogen and oxygen atoms in total. The van der Waals surface area contributed by atoms with Crippen LogP contribution in [0.4, 0.5) is 0 Å². The van der Waals surface area contributed by atoms with Gasteiger partial charge >= 0.3 is 16.2 Å². The number of nitrogens with zero attached hydrogens (tertiary/aromatic N) is 4. The normalized spacial score (nSPS) is 16.2. The van der Waals surface area contributed by atoms with Crippen LogP contribution in [-0.2, 0) is 24.5 Å². The highest BCUT2D eigenvalue weighted by Gasteiger charge is 2.34. The molecule has 0 spiro atoms. The Hall–Kier alpha value is -2.99. The minimum absolute atomic E-state index is 0.0823. The summed E-state index contributed by atoms with van der Waals surface area (Å²) >= 11 is 6.08. The minimum atomic E-state index is -4.01. The van der Waals surface area contributed by atoms with Crippen LogP contribution < -0.4 is 4.72 Å². The number of aliphatic imine (C=N–C) groups is 1. The summed E-state index contributed by atoms with van der Waals surface area (Å²) in [7, 11) is -1.28. The van der Waals surface area contributed by atoms with Crippen molar-refractivity contribution in [3.8, 4) is 0 Å². The predicted octanol–water partition coefficient (Wildman–Crippen LogP) is 2.48. The number of ether oxygens (including phenoxy) is 2. The molecule has 2 aromatic rings. The van der Waals surface area contributed by atoms with Crippen LogP contribution in [0.3, 0.4) is 0 Å². The molecular formula is C24H30ClN5O5S. The molecule has 0 aliphatic carbocycles. The molecule has 1 aliphatic rings. The molecule has 1 N–H and O–H groups in total. The van der Waals surface area contributed by atoms with E-state index in [1.54, 1.807) is 19.1 Å². The standard InChI is InChI=1S/C24H30ClN5O5S/c1-4-29(14-15-34-2)36(32,33)28-24(26-16-22(31)35-3)30-17-21(18-8-6-5-7-9-18)23(27-30)19-10-12-20(25)13-11-19/h5-13,21H,4,14-17H2,1-3H3,(H,26,28). The van der Waals surface area contributed by atoms with E-state index in [-0.39, 0.29) is 38.1 Å². The van der Waals surface area contributed by atoms with Gasteiger partial charge in [-0.05, 0) is 23.3 Å². The third-order valence-corrected chi connectivity index (χ3v) is 7.36. The van der Waals surface area contributed by atoms with Crippen molar-refractivity contribution in [2.45, 2.75) is 12.8 Å². The van der Waals surface area contributed by atoms with E-state index in [1.807, 2.05) is 42.5 Å². The molecule has 194 valence electrons. The highest BCUT2D eigenvalue weighted by molar-refractivity contribution is 7.87. The second-order valence-corrected chi connectivity index (χ2v) is 9.95. The molecule has 1 atom stereocenters. The number of carbonyl (C=O) groups excluding carboxylic acids is 1. The van der Waals surface area contributed by atoms with Crippen molar-refractivity contribution in [2.75, 3.05) is 47.0 Å². The van der Waals surface area contributed by atoms with Gasteiger partial charge in [0.1, 0.15) is 6.54 Å². The van der Waals surface area contributed by atoms with Crippen LogP contribution in [0, 0.1) is 0 Å². The van der Waals surface area contributed by atoms with Crippen molar-refractivity contribution < 1.29 is 22.7 Å². The number of benzene rings is 2. The van der Waals surface area contributed by atoms with Gasteiger partial charge in [-0.25, -0.2) is 14.7 Å². The smallest absolute Gasteiger partial charge is 0.327 e. The van der Waals surface area contributed by atoms with Crippen LogP contribution in [0.5, 0.6) is 0 Å².